The number of benzene rings is 1. The van der Waals surface area contributed by atoms with E-state index in [0.717, 1.165) is 12.1 Å². The second-order valence-electron chi connectivity index (χ2n) is 3.65. The molecular weight excluding hydrogens is 290 g/mol. The normalized spacial score (nSPS) is 13.0. The molecule has 0 heterocycles. The number of rotatable bonds is 6. The van der Waals surface area contributed by atoms with Crippen molar-refractivity contribution < 1.29 is 27.4 Å². The van der Waals surface area contributed by atoms with Crippen molar-refractivity contribution >= 4 is 12.4 Å². The molecular formula is C11H14ClF4NO2. The molecule has 0 spiro atoms. The predicted octanol–water partition coefficient (Wildman–Crippen LogP) is 2.73. The molecule has 0 aliphatic rings. The smallest absolute Gasteiger partial charge is 0.428 e. The van der Waals surface area contributed by atoms with Crippen molar-refractivity contribution in [3.05, 3.63) is 29.8 Å². The first-order chi connectivity index (χ1) is 8.36. The van der Waals surface area contributed by atoms with E-state index in [-0.39, 0.29) is 24.8 Å². The van der Waals surface area contributed by atoms with E-state index < -0.39 is 18.6 Å². The van der Waals surface area contributed by atoms with E-state index in [4.69, 9.17) is 10.8 Å². The van der Waals surface area contributed by atoms with Crippen LogP contribution < -0.4 is 10.5 Å². The maximum atomic E-state index is 12.6. The van der Waals surface area contributed by atoms with Crippen LogP contribution in [0.3, 0.4) is 0 Å². The first-order valence-corrected chi connectivity index (χ1v) is 5.18. The van der Waals surface area contributed by atoms with Gasteiger partial charge in [-0.1, -0.05) is 12.1 Å². The van der Waals surface area contributed by atoms with Crippen LogP contribution in [0.25, 0.3) is 0 Å². The monoisotopic (exact) mass is 303 g/mol. The van der Waals surface area contributed by atoms with Crippen molar-refractivity contribution in [1.82, 2.24) is 0 Å². The Kier molecular flexibility index (Phi) is 7.10. The number of hydrogen-bond donors (Lipinski definition) is 2. The second kappa shape index (κ2) is 7.52. The summed E-state index contributed by atoms with van der Waals surface area (Å²) in [6.45, 7) is -0.108. The Balaban J connectivity index is 0.00000324. The zero-order valence-electron chi connectivity index (χ0n) is 9.73. The third kappa shape index (κ3) is 5.22. The van der Waals surface area contributed by atoms with Gasteiger partial charge < -0.3 is 15.6 Å². The van der Waals surface area contributed by atoms with E-state index in [1.54, 1.807) is 0 Å². The van der Waals surface area contributed by atoms with Crippen molar-refractivity contribution in [3.8, 4) is 5.75 Å². The van der Waals surface area contributed by atoms with Crippen molar-refractivity contribution in [3.63, 3.8) is 0 Å². The van der Waals surface area contributed by atoms with Crippen LogP contribution in [0.5, 0.6) is 5.75 Å². The highest BCUT2D eigenvalue weighted by Crippen LogP contribution is 2.28. The van der Waals surface area contributed by atoms with Crippen molar-refractivity contribution in [1.29, 1.82) is 0 Å². The highest BCUT2D eigenvalue weighted by atomic mass is 35.5. The lowest BCUT2D eigenvalue weighted by molar-refractivity contribution is -0.253. The van der Waals surface area contributed by atoms with Crippen LogP contribution in [0.1, 0.15) is 18.0 Å². The van der Waals surface area contributed by atoms with Gasteiger partial charge in [0.1, 0.15) is 5.75 Å². The lowest BCUT2D eigenvalue weighted by Gasteiger charge is -2.17. The minimum Gasteiger partial charge on any atom is -0.428 e. The first-order valence-electron chi connectivity index (χ1n) is 5.18. The second-order valence-corrected chi connectivity index (χ2v) is 3.65. The lowest BCUT2D eigenvalue weighted by atomic mass is 10.1. The summed E-state index contributed by atoms with van der Waals surface area (Å²) in [5.74, 6) is -0.375. The molecule has 0 saturated heterocycles. The topological polar surface area (TPSA) is 55.5 Å². The maximum Gasteiger partial charge on any atom is 0.461 e. The third-order valence-electron chi connectivity index (χ3n) is 2.26. The molecule has 0 aromatic heterocycles. The molecule has 0 saturated carbocycles. The van der Waals surface area contributed by atoms with Crippen LogP contribution in [0.4, 0.5) is 17.6 Å². The predicted molar refractivity (Wildman–Crippen MR) is 63.9 cm³/mol. The van der Waals surface area contributed by atoms with Crippen molar-refractivity contribution in [2.24, 2.45) is 5.73 Å². The minimum absolute atomic E-state index is 0. The fraction of sp³-hybridized carbons (Fsp3) is 0.455. The van der Waals surface area contributed by atoms with E-state index in [1.807, 2.05) is 0 Å². The summed E-state index contributed by atoms with van der Waals surface area (Å²) in [6.07, 6.45) is -8.10. The molecule has 0 radical (unpaired) electrons. The Morgan fingerprint density at radius 1 is 1.21 bits per heavy atom. The van der Waals surface area contributed by atoms with Crippen LogP contribution in [0.2, 0.25) is 0 Å². The summed E-state index contributed by atoms with van der Waals surface area (Å²) in [5.41, 5.74) is 6.26. The molecule has 110 valence electrons. The van der Waals surface area contributed by atoms with Gasteiger partial charge in [-0.3, -0.25) is 0 Å². The molecule has 0 aliphatic carbocycles. The van der Waals surface area contributed by atoms with Crippen LogP contribution >= 0.6 is 12.4 Å². The highest BCUT2D eigenvalue weighted by molar-refractivity contribution is 5.85. The molecule has 0 aliphatic heterocycles. The van der Waals surface area contributed by atoms with E-state index in [9.17, 15) is 17.6 Å². The zero-order chi connectivity index (χ0) is 13.8. The van der Waals surface area contributed by atoms with E-state index in [2.05, 4.69) is 4.74 Å². The first kappa shape index (κ1) is 17.9. The molecule has 3 N–H and O–H groups in total. The third-order valence-corrected chi connectivity index (χ3v) is 2.26. The quantitative estimate of drug-likeness (QED) is 0.795. The Hall–Kier alpha value is -1.05. The zero-order valence-corrected chi connectivity index (χ0v) is 10.5. The molecule has 0 bridgehead atoms. The number of ether oxygens (including phenoxy) is 1. The summed E-state index contributed by atoms with van der Waals surface area (Å²) < 4.78 is 52.8. The van der Waals surface area contributed by atoms with Gasteiger partial charge in [0, 0.05) is 12.6 Å². The van der Waals surface area contributed by atoms with E-state index in [0.29, 0.717) is 12.0 Å². The van der Waals surface area contributed by atoms with Crippen LogP contribution in [-0.4, -0.2) is 24.2 Å². The molecule has 8 heteroatoms. The summed E-state index contributed by atoms with van der Waals surface area (Å²) >= 11 is 0. The van der Waals surface area contributed by atoms with Gasteiger partial charge in [0.15, 0.2) is 0 Å². The minimum atomic E-state index is -4.52. The van der Waals surface area contributed by atoms with Crippen molar-refractivity contribution in [2.75, 3.05) is 6.61 Å². The number of hydrogen-bond acceptors (Lipinski definition) is 3. The SMILES string of the molecule is Cl.N[C@@H](CCO)c1ccc(OC(F)(F)C(F)F)cc1. The van der Waals surface area contributed by atoms with Crippen LogP contribution in [0, 0.1) is 0 Å². The average molecular weight is 304 g/mol. The molecule has 1 aromatic carbocycles. The number of alkyl halides is 4. The lowest BCUT2D eigenvalue weighted by Crippen LogP contribution is -2.33. The fourth-order valence-corrected chi connectivity index (χ4v) is 1.29. The van der Waals surface area contributed by atoms with E-state index >= 15 is 0 Å². The largest absolute Gasteiger partial charge is 0.461 e. The summed E-state index contributed by atoms with van der Waals surface area (Å²) in [6, 6.07) is 4.58. The number of aliphatic hydroxyl groups is 1. The molecule has 0 unspecified atom stereocenters. The maximum absolute atomic E-state index is 12.6. The Morgan fingerprint density at radius 3 is 2.16 bits per heavy atom. The average Bonchev–Trinajstić information content (AvgIpc) is 2.29. The summed E-state index contributed by atoms with van der Waals surface area (Å²) in [5, 5.41) is 8.68. The summed E-state index contributed by atoms with van der Waals surface area (Å²) in [7, 11) is 0. The van der Waals surface area contributed by atoms with Gasteiger partial charge in [-0.15, -0.1) is 12.4 Å². The Bertz CT molecular complexity index is 375. The van der Waals surface area contributed by atoms with Gasteiger partial charge in [-0.05, 0) is 24.1 Å². The van der Waals surface area contributed by atoms with Gasteiger partial charge in [-0.2, -0.15) is 17.6 Å². The number of nitrogens with two attached hydrogens (primary N) is 1. The Morgan fingerprint density at radius 2 is 1.74 bits per heavy atom. The molecule has 1 rings (SSSR count). The van der Waals surface area contributed by atoms with Gasteiger partial charge in [-0.25, -0.2) is 0 Å². The van der Waals surface area contributed by atoms with Gasteiger partial charge >= 0.3 is 12.5 Å². The fourth-order valence-electron chi connectivity index (χ4n) is 1.29. The number of halogens is 5. The molecule has 1 aromatic rings. The molecule has 1 atom stereocenters. The van der Waals surface area contributed by atoms with Crippen molar-refractivity contribution in [2.45, 2.75) is 25.0 Å². The van der Waals surface area contributed by atoms with Crippen LogP contribution in [-0.2, 0) is 0 Å². The van der Waals surface area contributed by atoms with Gasteiger partial charge in [0.2, 0.25) is 0 Å². The molecule has 0 amide bonds. The molecule has 19 heavy (non-hydrogen) atoms. The standard InChI is InChI=1S/C11H13F4NO2.ClH/c12-10(13)11(14,15)18-8-3-1-7(2-4-8)9(16)5-6-17;/h1-4,9-10,17H,5-6,16H2;1H/t9-;/m0./s1. The molecule has 3 nitrogen and oxygen atoms in total. The van der Waals surface area contributed by atoms with Gasteiger partial charge in [0.25, 0.3) is 0 Å². The van der Waals surface area contributed by atoms with E-state index in [1.165, 1.54) is 12.1 Å². The molecule has 0 fully saturated rings. The summed E-state index contributed by atoms with van der Waals surface area (Å²) in [4.78, 5) is 0. The van der Waals surface area contributed by atoms with Crippen LogP contribution in [0.15, 0.2) is 24.3 Å². The highest BCUT2D eigenvalue weighted by Gasteiger charge is 2.43. The van der Waals surface area contributed by atoms with Gasteiger partial charge in [0.05, 0.1) is 0 Å². The Labute approximate surface area is 113 Å². The number of aliphatic hydroxyl groups excluding tert-OH is 1.